The molecular weight excluding hydrogens is 450 g/mol. The molecule has 1 saturated heterocycles. The number of aryl methyl sites for hydroxylation is 1. The van der Waals surface area contributed by atoms with Crippen molar-refractivity contribution < 1.29 is 13.2 Å². The van der Waals surface area contributed by atoms with Gasteiger partial charge in [-0.05, 0) is 51.3 Å². The number of nitrogens with one attached hydrogen (secondary N) is 1. The molecule has 3 aromatic rings. The third-order valence-corrected chi connectivity index (χ3v) is 6.69. The zero-order valence-electron chi connectivity index (χ0n) is 18.1. The maximum Gasteiger partial charge on any atom is 0.240 e. The molecular formula is C20H27N7O3S2. The summed E-state index contributed by atoms with van der Waals surface area (Å²) in [6.45, 7) is 6.12. The van der Waals surface area contributed by atoms with E-state index in [0.29, 0.717) is 17.1 Å². The van der Waals surface area contributed by atoms with Gasteiger partial charge in [-0.25, -0.2) is 28.1 Å². The maximum atomic E-state index is 12.9. The maximum absolute atomic E-state index is 12.9. The fourth-order valence-corrected chi connectivity index (χ4v) is 4.65. The zero-order chi connectivity index (χ0) is 22.2. The Bertz CT molecular complexity index is 1200. The van der Waals surface area contributed by atoms with Crippen molar-refractivity contribution in [2.24, 2.45) is 0 Å². The number of nitrogen functional groups attached to an aromatic ring is 1. The van der Waals surface area contributed by atoms with Crippen LogP contribution in [0.4, 0.5) is 5.82 Å². The van der Waals surface area contributed by atoms with E-state index >= 15 is 0 Å². The van der Waals surface area contributed by atoms with Gasteiger partial charge in [0.05, 0.1) is 28.5 Å². The molecule has 0 spiro atoms. The summed E-state index contributed by atoms with van der Waals surface area (Å²) in [5.41, 5.74) is 7.68. The van der Waals surface area contributed by atoms with Gasteiger partial charge < -0.3 is 10.5 Å². The summed E-state index contributed by atoms with van der Waals surface area (Å²) >= 11 is 0. The van der Waals surface area contributed by atoms with Gasteiger partial charge in [-0.3, -0.25) is 0 Å². The van der Waals surface area contributed by atoms with Crippen LogP contribution in [0.25, 0.3) is 17.1 Å². The fourth-order valence-electron chi connectivity index (χ4n) is 3.56. The summed E-state index contributed by atoms with van der Waals surface area (Å²) in [6.07, 6.45) is 5.93. The second-order valence-corrected chi connectivity index (χ2v) is 9.94. The Balaban J connectivity index is 0.00000289. The van der Waals surface area contributed by atoms with Crippen LogP contribution in [0.15, 0.2) is 41.9 Å². The first-order chi connectivity index (χ1) is 14.6. The molecule has 32 heavy (non-hydrogen) atoms. The standard InChI is InChI=1S/C20H25N7O3S.H2S/c1-13-4-5-15(31(28,29)25-9-14-6-7-20(2,3)30-14)8-16(13)17-10-23-18(21)19(26-17)27-12-22-11-24-27;/h4-5,8,10-12,14,25H,6-7,9H2,1-3H3,(H2,21,23);1H2/t14-;/m0./s1. The molecule has 2 aromatic heterocycles. The number of aromatic nitrogens is 5. The minimum absolute atomic E-state index is 0. The number of nitrogens with zero attached hydrogens (tertiary/aromatic N) is 5. The summed E-state index contributed by atoms with van der Waals surface area (Å²) in [7, 11) is -3.72. The number of hydrogen-bond donors (Lipinski definition) is 2. The number of sulfonamides is 1. The number of benzene rings is 1. The fraction of sp³-hybridized carbons (Fsp3) is 0.400. The summed E-state index contributed by atoms with van der Waals surface area (Å²) in [4.78, 5) is 12.8. The van der Waals surface area contributed by atoms with Crippen molar-refractivity contribution in [3.8, 4) is 17.1 Å². The van der Waals surface area contributed by atoms with Gasteiger partial charge in [-0.1, -0.05) is 6.07 Å². The van der Waals surface area contributed by atoms with E-state index in [0.717, 1.165) is 18.4 Å². The van der Waals surface area contributed by atoms with E-state index in [1.165, 1.54) is 23.5 Å². The largest absolute Gasteiger partial charge is 0.381 e. The van der Waals surface area contributed by atoms with Crippen LogP contribution in [0.5, 0.6) is 0 Å². The zero-order valence-corrected chi connectivity index (χ0v) is 19.9. The molecule has 3 heterocycles. The van der Waals surface area contributed by atoms with Gasteiger partial charge in [-0.2, -0.15) is 23.3 Å². The predicted molar refractivity (Wildman–Crippen MR) is 125 cm³/mol. The molecule has 1 atom stereocenters. The Labute approximate surface area is 194 Å². The van der Waals surface area contributed by atoms with Crippen molar-refractivity contribution in [3.63, 3.8) is 0 Å². The molecule has 4 rings (SSSR count). The van der Waals surface area contributed by atoms with Crippen LogP contribution in [0, 0.1) is 6.92 Å². The van der Waals surface area contributed by atoms with E-state index in [1.54, 1.807) is 18.2 Å². The molecule has 10 nitrogen and oxygen atoms in total. The highest BCUT2D eigenvalue weighted by Crippen LogP contribution is 2.30. The Morgan fingerprint density at radius 3 is 2.78 bits per heavy atom. The minimum atomic E-state index is -3.72. The molecule has 12 heteroatoms. The van der Waals surface area contributed by atoms with Crippen LogP contribution in [0.1, 0.15) is 32.3 Å². The molecule has 1 aliphatic heterocycles. The normalized spacial score (nSPS) is 17.8. The lowest BCUT2D eigenvalue weighted by atomic mass is 10.1. The molecule has 1 fully saturated rings. The van der Waals surface area contributed by atoms with Gasteiger partial charge in [0.2, 0.25) is 10.0 Å². The van der Waals surface area contributed by atoms with Crippen molar-refractivity contribution >= 4 is 29.3 Å². The number of anilines is 1. The molecule has 1 aliphatic rings. The van der Waals surface area contributed by atoms with Gasteiger partial charge in [0.1, 0.15) is 12.7 Å². The number of ether oxygens (including phenoxy) is 1. The lowest BCUT2D eigenvalue weighted by Gasteiger charge is -2.19. The van der Waals surface area contributed by atoms with E-state index in [1.807, 2.05) is 20.8 Å². The quantitative estimate of drug-likeness (QED) is 0.549. The highest BCUT2D eigenvalue weighted by molar-refractivity contribution is 7.89. The molecule has 0 radical (unpaired) electrons. The first kappa shape index (κ1) is 24.1. The highest BCUT2D eigenvalue weighted by Gasteiger charge is 2.32. The topological polar surface area (TPSA) is 138 Å². The van der Waals surface area contributed by atoms with Crippen molar-refractivity contribution in [3.05, 3.63) is 42.6 Å². The average molecular weight is 478 g/mol. The number of hydrogen-bond acceptors (Lipinski definition) is 8. The van der Waals surface area contributed by atoms with Crippen molar-refractivity contribution in [1.29, 1.82) is 0 Å². The predicted octanol–water partition coefficient (Wildman–Crippen LogP) is 1.96. The third kappa shape index (κ3) is 5.09. The first-order valence-electron chi connectivity index (χ1n) is 9.91. The Morgan fingerprint density at radius 1 is 1.34 bits per heavy atom. The van der Waals surface area contributed by atoms with Crippen LogP contribution >= 0.6 is 13.5 Å². The molecule has 172 valence electrons. The van der Waals surface area contributed by atoms with Crippen LogP contribution in [0.3, 0.4) is 0 Å². The minimum Gasteiger partial charge on any atom is -0.381 e. The highest BCUT2D eigenvalue weighted by atomic mass is 32.2. The molecule has 0 amide bonds. The molecule has 1 aromatic carbocycles. The van der Waals surface area contributed by atoms with Crippen LogP contribution < -0.4 is 10.5 Å². The second-order valence-electron chi connectivity index (χ2n) is 8.17. The average Bonchev–Trinajstić information content (AvgIpc) is 3.37. The monoisotopic (exact) mass is 477 g/mol. The lowest BCUT2D eigenvalue weighted by molar-refractivity contribution is -0.0122. The van der Waals surface area contributed by atoms with E-state index in [9.17, 15) is 8.42 Å². The summed E-state index contributed by atoms with van der Waals surface area (Å²) in [6, 6.07) is 4.90. The molecule has 3 N–H and O–H groups in total. The van der Waals surface area contributed by atoms with Crippen molar-refractivity contribution in [2.45, 2.75) is 50.2 Å². The third-order valence-electron chi connectivity index (χ3n) is 5.27. The number of rotatable bonds is 6. The Hall–Kier alpha value is -2.54. The second kappa shape index (κ2) is 9.14. The smallest absolute Gasteiger partial charge is 0.240 e. The summed E-state index contributed by atoms with van der Waals surface area (Å²) in [5.74, 6) is 0.513. The van der Waals surface area contributed by atoms with E-state index in [-0.39, 0.29) is 42.5 Å². The van der Waals surface area contributed by atoms with Crippen molar-refractivity contribution in [1.82, 2.24) is 29.5 Å². The summed E-state index contributed by atoms with van der Waals surface area (Å²) < 4.78 is 35.8. The summed E-state index contributed by atoms with van der Waals surface area (Å²) in [5, 5.41) is 4.04. The molecule has 0 bridgehead atoms. The van der Waals surface area contributed by atoms with Crippen LogP contribution in [-0.4, -0.2) is 51.4 Å². The molecule has 0 aliphatic carbocycles. The SMILES string of the molecule is Cc1ccc(S(=O)(=O)NC[C@@H]2CCC(C)(C)O2)cc1-c1cnc(N)c(-n2cncn2)n1.S. The van der Waals surface area contributed by atoms with Gasteiger partial charge in [0, 0.05) is 12.1 Å². The van der Waals surface area contributed by atoms with Gasteiger partial charge >= 0.3 is 0 Å². The Morgan fingerprint density at radius 2 is 2.12 bits per heavy atom. The van der Waals surface area contributed by atoms with E-state index < -0.39 is 10.0 Å². The van der Waals surface area contributed by atoms with Gasteiger partial charge in [0.25, 0.3) is 0 Å². The Kier molecular flexibility index (Phi) is 6.89. The van der Waals surface area contributed by atoms with E-state index in [4.69, 9.17) is 10.5 Å². The lowest BCUT2D eigenvalue weighted by Crippen LogP contribution is -2.33. The number of nitrogens with two attached hydrogens (primary N) is 1. The van der Waals surface area contributed by atoms with Gasteiger partial charge in [0.15, 0.2) is 11.6 Å². The van der Waals surface area contributed by atoms with Gasteiger partial charge in [-0.15, -0.1) is 0 Å². The van der Waals surface area contributed by atoms with Crippen LogP contribution in [-0.2, 0) is 14.8 Å². The van der Waals surface area contributed by atoms with E-state index in [2.05, 4.69) is 24.8 Å². The first-order valence-corrected chi connectivity index (χ1v) is 11.4. The molecule has 0 unspecified atom stereocenters. The van der Waals surface area contributed by atoms with Crippen LogP contribution in [0.2, 0.25) is 0 Å². The van der Waals surface area contributed by atoms with Crippen molar-refractivity contribution in [2.75, 3.05) is 12.3 Å². The molecule has 0 saturated carbocycles.